The van der Waals surface area contributed by atoms with Crippen LogP contribution in [0.15, 0.2) is 109 Å². The fourth-order valence-corrected chi connectivity index (χ4v) is 5.24. The number of halogens is 4. The van der Waals surface area contributed by atoms with E-state index in [-0.39, 0.29) is 5.41 Å². The highest BCUT2D eigenvalue weighted by atomic mass is 19.5. The largest absolute Gasteiger partial charge is 0.673 e. The smallest absolute Gasteiger partial charge is 0.494 e. The Labute approximate surface area is 256 Å². The lowest BCUT2D eigenvalue weighted by molar-refractivity contribution is -0.401. The third kappa shape index (κ3) is 8.10. The van der Waals surface area contributed by atoms with Crippen molar-refractivity contribution < 1.29 is 36.0 Å². The van der Waals surface area contributed by atoms with Gasteiger partial charge in [-0.3, -0.25) is 0 Å². The van der Waals surface area contributed by atoms with Gasteiger partial charge in [0.2, 0.25) is 5.69 Å². The van der Waals surface area contributed by atoms with Crippen molar-refractivity contribution in [1.29, 1.82) is 0 Å². The van der Waals surface area contributed by atoms with Gasteiger partial charge in [0.05, 0.1) is 18.6 Å². The average molecular weight is 605 g/mol. The van der Waals surface area contributed by atoms with Crippen LogP contribution in [0.25, 0.3) is 11.3 Å². The Hall–Kier alpha value is -4.53. The summed E-state index contributed by atoms with van der Waals surface area (Å²) in [5, 5.41) is 0. The topological polar surface area (TPSA) is 30.7 Å². The van der Waals surface area contributed by atoms with E-state index in [4.69, 9.17) is 14.2 Å². The van der Waals surface area contributed by atoms with Gasteiger partial charge in [-0.05, 0) is 93.5 Å². The van der Waals surface area contributed by atoms with Crippen molar-refractivity contribution in [2.45, 2.75) is 33.1 Å². The van der Waals surface area contributed by atoms with Gasteiger partial charge >= 0.3 is 7.25 Å². The van der Waals surface area contributed by atoms with Crippen LogP contribution in [-0.4, -0.2) is 37.8 Å². The highest BCUT2D eigenvalue weighted by Gasteiger charge is 2.42. The molecule has 0 aromatic heterocycles. The van der Waals surface area contributed by atoms with Crippen LogP contribution in [-0.2, 0) is 10.2 Å². The second-order valence-corrected chi connectivity index (χ2v) is 10.6. The van der Waals surface area contributed by atoms with Crippen LogP contribution < -0.4 is 9.47 Å². The van der Waals surface area contributed by atoms with E-state index in [9.17, 15) is 17.3 Å². The molecule has 2 heterocycles. The summed E-state index contributed by atoms with van der Waals surface area (Å²) in [6, 6.07) is 24.8. The average Bonchev–Trinajstić information content (AvgIpc) is 3.18. The first-order chi connectivity index (χ1) is 20.9. The minimum atomic E-state index is -6.00. The molecule has 9 heteroatoms. The first-order valence-corrected chi connectivity index (χ1v) is 14.4. The molecule has 0 N–H and O–H groups in total. The van der Waals surface area contributed by atoms with E-state index in [0.717, 1.165) is 39.7 Å². The van der Waals surface area contributed by atoms with Gasteiger partial charge in [-0.2, -0.15) is 4.58 Å². The number of benzene rings is 3. The summed E-state index contributed by atoms with van der Waals surface area (Å²) in [7, 11) is -3.87. The van der Waals surface area contributed by atoms with Gasteiger partial charge in [0.15, 0.2) is 5.71 Å². The molecule has 0 spiro atoms. The van der Waals surface area contributed by atoms with Crippen LogP contribution in [0.2, 0.25) is 0 Å². The summed E-state index contributed by atoms with van der Waals surface area (Å²) in [5.74, 6) is 3.28. The fraction of sp³-hybridized carbons (Fsp3) is 0.229. The number of hydrogen-bond acceptors (Lipinski definition) is 3. The Kier molecular flexibility index (Phi) is 10.2. The first kappa shape index (κ1) is 32.4. The number of rotatable bonds is 8. The molecule has 0 saturated carbocycles. The zero-order chi connectivity index (χ0) is 31.9. The van der Waals surface area contributed by atoms with E-state index >= 15 is 0 Å². The molecule has 44 heavy (non-hydrogen) atoms. The number of ether oxygens (including phenoxy) is 3. The molecular weight excluding hydrogens is 569 g/mol. The maximum Gasteiger partial charge on any atom is 0.673 e. The van der Waals surface area contributed by atoms with Crippen molar-refractivity contribution in [3.05, 3.63) is 126 Å². The molecular formula is C35H36BF4NO3. The lowest BCUT2D eigenvalue weighted by Crippen LogP contribution is -2.26. The number of allylic oxidation sites excluding steroid dienone is 6. The zero-order valence-corrected chi connectivity index (χ0v) is 25.5. The predicted octanol–water partition coefficient (Wildman–Crippen LogP) is 9.38. The second kappa shape index (κ2) is 13.8. The minimum absolute atomic E-state index is 0.0789. The van der Waals surface area contributed by atoms with Crippen LogP contribution in [0.3, 0.4) is 0 Å². The summed E-state index contributed by atoms with van der Waals surface area (Å²) in [6.45, 7) is 9.81. The summed E-state index contributed by atoms with van der Waals surface area (Å²) in [6.07, 6.45) is 10.5. The summed E-state index contributed by atoms with van der Waals surface area (Å²) < 4.78 is 58.9. The Morgan fingerprint density at radius 3 is 1.89 bits per heavy atom. The molecule has 0 saturated heterocycles. The fourth-order valence-electron chi connectivity index (χ4n) is 5.24. The molecule has 0 unspecified atom stereocenters. The molecule has 0 fully saturated rings. The molecule has 0 bridgehead atoms. The monoisotopic (exact) mass is 605 g/mol. The molecule has 2 aliphatic rings. The quantitative estimate of drug-likeness (QED) is 0.146. The lowest BCUT2D eigenvalue weighted by Gasteiger charge is -2.19. The molecule has 230 valence electrons. The first-order valence-electron chi connectivity index (χ1n) is 14.4. The van der Waals surface area contributed by atoms with Gasteiger partial charge in [0.25, 0.3) is 0 Å². The molecule has 0 radical (unpaired) electrons. The Morgan fingerprint density at radius 1 is 0.795 bits per heavy atom. The van der Waals surface area contributed by atoms with Crippen LogP contribution >= 0.6 is 0 Å². The lowest BCUT2D eigenvalue weighted by atomic mass is 9.81. The molecule has 4 nitrogen and oxygen atoms in total. The van der Waals surface area contributed by atoms with Crippen molar-refractivity contribution in [2.24, 2.45) is 0 Å². The predicted molar refractivity (Wildman–Crippen MR) is 170 cm³/mol. The van der Waals surface area contributed by atoms with E-state index < -0.39 is 7.25 Å². The van der Waals surface area contributed by atoms with Crippen LogP contribution in [0.1, 0.15) is 44.4 Å². The molecule has 0 aliphatic carbocycles. The third-order valence-corrected chi connectivity index (χ3v) is 7.22. The zero-order valence-electron chi connectivity index (χ0n) is 25.5. The SMILES string of the molecule is CCOc1ccc(C2=C/C(=C/C=C\C3=[N+](C)c4ccccc4C3(C)C)OC(c3ccc(OCC)cc3)=C2)cc1.F[B-](F)(F)F. The van der Waals surface area contributed by atoms with Crippen molar-refractivity contribution >= 4 is 30.0 Å². The molecule has 5 rings (SSSR count). The van der Waals surface area contributed by atoms with E-state index in [1.54, 1.807) is 0 Å². The van der Waals surface area contributed by atoms with E-state index in [0.29, 0.717) is 13.2 Å². The van der Waals surface area contributed by atoms with Crippen LogP contribution in [0, 0.1) is 0 Å². The van der Waals surface area contributed by atoms with Gasteiger partial charge < -0.3 is 31.5 Å². The van der Waals surface area contributed by atoms with Gasteiger partial charge in [-0.15, -0.1) is 0 Å². The highest BCUT2D eigenvalue weighted by Crippen LogP contribution is 2.39. The van der Waals surface area contributed by atoms with E-state index in [1.165, 1.54) is 17.0 Å². The number of para-hydroxylation sites is 1. The molecule has 0 amide bonds. The Balaban J connectivity index is 0.000000818. The van der Waals surface area contributed by atoms with Gasteiger partial charge in [0.1, 0.15) is 30.1 Å². The van der Waals surface area contributed by atoms with Gasteiger partial charge in [-0.1, -0.05) is 36.4 Å². The van der Waals surface area contributed by atoms with Crippen molar-refractivity contribution in [1.82, 2.24) is 0 Å². The Morgan fingerprint density at radius 2 is 1.34 bits per heavy atom. The van der Waals surface area contributed by atoms with E-state index in [2.05, 4.69) is 86.2 Å². The second-order valence-electron chi connectivity index (χ2n) is 10.6. The molecule has 2 aliphatic heterocycles. The van der Waals surface area contributed by atoms with Gasteiger partial charge in [-0.25, -0.2) is 0 Å². The number of fused-ring (bicyclic) bond motifs is 1. The third-order valence-electron chi connectivity index (χ3n) is 7.22. The maximum atomic E-state index is 9.75. The minimum Gasteiger partial charge on any atom is -0.494 e. The van der Waals surface area contributed by atoms with Crippen molar-refractivity contribution in [3.8, 4) is 11.5 Å². The van der Waals surface area contributed by atoms with Crippen LogP contribution in [0.4, 0.5) is 23.0 Å². The van der Waals surface area contributed by atoms with Crippen LogP contribution in [0.5, 0.6) is 11.5 Å². The normalized spacial score (nSPS) is 16.5. The van der Waals surface area contributed by atoms with Gasteiger partial charge in [0, 0.05) is 23.3 Å². The number of nitrogens with zero attached hydrogens (tertiary/aromatic N) is 1. The molecule has 0 atom stereocenters. The molecule has 3 aromatic carbocycles. The maximum absolute atomic E-state index is 9.75. The summed E-state index contributed by atoms with van der Waals surface area (Å²) in [4.78, 5) is 0. The highest BCUT2D eigenvalue weighted by molar-refractivity contribution is 6.50. The van der Waals surface area contributed by atoms with Crippen molar-refractivity contribution in [2.75, 3.05) is 20.3 Å². The molecule has 3 aromatic rings. The van der Waals surface area contributed by atoms with Crippen molar-refractivity contribution in [3.63, 3.8) is 0 Å². The summed E-state index contributed by atoms with van der Waals surface area (Å²) in [5.41, 5.74) is 6.92. The summed E-state index contributed by atoms with van der Waals surface area (Å²) >= 11 is 0. The Bertz CT molecular complexity index is 1610. The standard InChI is InChI=1S/C35H36NO3.BF4/c1-6-37-28-19-15-25(16-20-28)27-23-30(39-33(24-27)26-17-21-29(22-18-26)38-7-2)11-10-14-34-35(3,4)31-12-8-9-13-32(31)36(34)5;2-1(3,4)5/h8-24H,6-7H2,1-5H3;/q+1;-1/b14-10-,30-11-;. The number of hydrogen-bond donors (Lipinski definition) is 0. The van der Waals surface area contributed by atoms with E-state index in [1.807, 2.05) is 56.3 Å².